The lowest BCUT2D eigenvalue weighted by molar-refractivity contribution is 0.265. The predicted octanol–water partition coefficient (Wildman–Crippen LogP) is 0.0937. The number of anilines is 1. The van der Waals surface area contributed by atoms with Gasteiger partial charge in [0.2, 0.25) is 0 Å². The van der Waals surface area contributed by atoms with E-state index in [1.54, 1.807) is 6.20 Å². The van der Waals surface area contributed by atoms with E-state index in [-0.39, 0.29) is 0 Å². The number of aliphatic hydroxyl groups is 1. The fourth-order valence-corrected chi connectivity index (χ4v) is 1.48. The van der Waals surface area contributed by atoms with Crippen molar-refractivity contribution in [2.75, 3.05) is 12.3 Å². The van der Waals surface area contributed by atoms with Crippen LogP contribution in [0.1, 0.15) is 6.42 Å². The molecular weight excluding hydrogens is 154 g/mol. The van der Waals surface area contributed by atoms with Crippen molar-refractivity contribution in [2.45, 2.75) is 13.0 Å². The molecule has 0 aromatic carbocycles. The third kappa shape index (κ3) is 1.43. The van der Waals surface area contributed by atoms with Crippen molar-refractivity contribution in [1.29, 1.82) is 0 Å². The van der Waals surface area contributed by atoms with Gasteiger partial charge in [-0.15, -0.1) is 0 Å². The molecule has 1 aromatic rings. The van der Waals surface area contributed by atoms with Crippen molar-refractivity contribution in [3.05, 3.63) is 12.4 Å². The van der Waals surface area contributed by atoms with E-state index >= 15 is 0 Å². The normalized spacial score (nSPS) is 27.4. The van der Waals surface area contributed by atoms with Gasteiger partial charge in [0, 0.05) is 19.3 Å². The fourth-order valence-electron chi connectivity index (χ4n) is 1.48. The largest absolute Gasteiger partial charge is 0.396 e. The van der Waals surface area contributed by atoms with Crippen LogP contribution in [0.2, 0.25) is 0 Å². The Kier molecular flexibility index (Phi) is 1.77. The molecule has 2 rings (SSSR count). The molecular formula is C8H13N3O. The SMILES string of the molecule is Nc1cnn(CC2CC2CO)c1. The zero-order valence-corrected chi connectivity index (χ0v) is 6.85. The van der Waals surface area contributed by atoms with Crippen molar-refractivity contribution in [3.8, 4) is 0 Å². The van der Waals surface area contributed by atoms with E-state index in [1.807, 2.05) is 10.9 Å². The van der Waals surface area contributed by atoms with Crippen LogP contribution < -0.4 is 5.73 Å². The van der Waals surface area contributed by atoms with Gasteiger partial charge in [0.25, 0.3) is 0 Å². The van der Waals surface area contributed by atoms with E-state index in [4.69, 9.17) is 10.8 Å². The Morgan fingerprint density at radius 1 is 1.67 bits per heavy atom. The molecule has 0 radical (unpaired) electrons. The van der Waals surface area contributed by atoms with Crippen molar-refractivity contribution < 1.29 is 5.11 Å². The maximum atomic E-state index is 8.81. The second-order valence-electron chi connectivity index (χ2n) is 3.43. The smallest absolute Gasteiger partial charge is 0.0719 e. The minimum absolute atomic E-state index is 0.307. The molecule has 2 unspecified atom stereocenters. The minimum atomic E-state index is 0.307. The molecule has 66 valence electrons. The Hall–Kier alpha value is -1.03. The van der Waals surface area contributed by atoms with Crippen molar-refractivity contribution >= 4 is 5.69 Å². The van der Waals surface area contributed by atoms with Crippen LogP contribution in [0, 0.1) is 11.8 Å². The Morgan fingerprint density at radius 2 is 2.50 bits per heavy atom. The molecule has 0 bridgehead atoms. The first kappa shape index (κ1) is 7.61. The Bertz CT molecular complexity index is 271. The van der Waals surface area contributed by atoms with Gasteiger partial charge in [0.1, 0.15) is 0 Å². The highest BCUT2D eigenvalue weighted by atomic mass is 16.3. The van der Waals surface area contributed by atoms with Gasteiger partial charge in [-0.2, -0.15) is 5.10 Å². The first-order valence-corrected chi connectivity index (χ1v) is 4.18. The Balaban J connectivity index is 1.89. The van der Waals surface area contributed by atoms with Crippen LogP contribution >= 0.6 is 0 Å². The molecule has 0 amide bonds. The summed E-state index contributed by atoms with van der Waals surface area (Å²) in [5, 5.41) is 12.9. The summed E-state index contributed by atoms with van der Waals surface area (Å²) in [6, 6.07) is 0. The summed E-state index contributed by atoms with van der Waals surface area (Å²) < 4.78 is 1.84. The van der Waals surface area contributed by atoms with Gasteiger partial charge in [-0.25, -0.2) is 0 Å². The first-order valence-electron chi connectivity index (χ1n) is 4.18. The summed E-state index contributed by atoms with van der Waals surface area (Å²) in [5.74, 6) is 1.10. The topological polar surface area (TPSA) is 64.1 Å². The molecule has 3 N–H and O–H groups in total. The lowest BCUT2D eigenvalue weighted by Crippen LogP contribution is -2.02. The van der Waals surface area contributed by atoms with Crippen LogP contribution in [0.5, 0.6) is 0 Å². The van der Waals surface area contributed by atoms with Crippen LogP contribution in [0.4, 0.5) is 5.69 Å². The van der Waals surface area contributed by atoms with Gasteiger partial charge >= 0.3 is 0 Å². The molecule has 1 aliphatic carbocycles. The molecule has 1 saturated carbocycles. The highest BCUT2D eigenvalue weighted by molar-refractivity contribution is 5.30. The number of aromatic nitrogens is 2. The van der Waals surface area contributed by atoms with Crippen molar-refractivity contribution in [1.82, 2.24) is 9.78 Å². The fraction of sp³-hybridized carbons (Fsp3) is 0.625. The minimum Gasteiger partial charge on any atom is -0.396 e. The van der Waals surface area contributed by atoms with Gasteiger partial charge in [0.15, 0.2) is 0 Å². The van der Waals surface area contributed by atoms with Gasteiger partial charge in [-0.1, -0.05) is 0 Å². The van der Waals surface area contributed by atoms with Gasteiger partial charge in [0.05, 0.1) is 11.9 Å². The Labute approximate surface area is 71.0 Å². The predicted molar refractivity (Wildman–Crippen MR) is 45.3 cm³/mol. The molecule has 0 aliphatic heterocycles. The van der Waals surface area contributed by atoms with Gasteiger partial charge in [-0.3, -0.25) is 4.68 Å². The molecule has 1 aromatic heterocycles. The third-order valence-electron chi connectivity index (χ3n) is 2.38. The van der Waals surface area contributed by atoms with Crippen molar-refractivity contribution in [3.63, 3.8) is 0 Å². The maximum absolute atomic E-state index is 8.81. The number of hydrogen-bond donors (Lipinski definition) is 2. The summed E-state index contributed by atoms with van der Waals surface area (Å²) in [7, 11) is 0. The molecule has 1 aliphatic rings. The zero-order valence-electron chi connectivity index (χ0n) is 6.85. The van der Waals surface area contributed by atoms with E-state index < -0.39 is 0 Å². The Morgan fingerprint density at radius 3 is 3.00 bits per heavy atom. The number of aliphatic hydroxyl groups excluding tert-OH is 1. The van der Waals surface area contributed by atoms with Crippen molar-refractivity contribution in [2.24, 2.45) is 11.8 Å². The maximum Gasteiger partial charge on any atom is 0.0719 e. The summed E-state index contributed by atoms with van der Waals surface area (Å²) in [5.41, 5.74) is 6.21. The lowest BCUT2D eigenvalue weighted by atomic mass is 10.3. The second kappa shape index (κ2) is 2.79. The van der Waals surface area contributed by atoms with E-state index in [0.29, 0.717) is 24.1 Å². The average molecular weight is 167 g/mol. The molecule has 0 saturated heterocycles. The van der Waals surface area contributed by atoms with E-state index in [0.717, 1.165) is 13.0 Å². The molecule has 1 fully saturated rings. The molecule has 4 nitrogen and oxygen atoms in total. The molecule has 1 heterocycles. The standard InChI is InChI=1S/C8H13N3O/c9-8-2-10-11(4-8)3-6-1-7(6)5-12/h2,4,6-7,12H,1,3,5,9H2. The first-order chi connectivity index (χ1) is 5.79. The second-order valence-corrected chi connectivity index (χ2v) is 3.43. The highest BCUT2D eigenvalue weighted by Gasteiger charge is 2.36. The summed E-state index contributed by atoms with van der Waals surface area (Å²) in [6.07, 6.45) is 4.60. The summed E-state index contributed by atoms with van der Waals surface area (Å²) in [6.45, 7) is 1.20. The summed E-state index contributed by atoms with van der Waals surface area (Å²) in [4.78, 5) is 0. The molecule has 0 spiro atoms. The highest BCUT2D eigenvalue weighted by Crippen LogP contribution is 2.38. The summed E-state index contributed by atoms with van der Waals surface area (Å²) >= 11 is 0. The molecule has 4 heteroatoms. The number of nitrogens with two attached hydrogens (primary N) is 1. The van der Waals surface area contributed by atoms with E-state index in [9.17, 15) is 0 Å². The van der Waals surface area contributed by atoms with Gasteiger partial charge < -0.3 is 10.8 Å². The number of hydrogen-bond acceptors (Lipinski definition) is 3. The quantitative estimate of drug-likeness (QED) is 0.670. The number of nitrogens with zero attached hydrogens (tertiary/aromatic N) is 2. The number of nitrogen functional groups attached to an aromatic ring is 1. The number of rotatable bonds is 3. The van der Waals surface area contributed by atoms with E-state index in [2.05, 4.69) is 5.10 Å². The lowest BCUT2D eigenvalue weighted by Gasteiger charge is -1.97. The van der Waals surface area contributed by atoms with E-state index in [1.165, 1.54) is 0 Å². The zero-order chi connectivity index (χ0) is 8.55. The van der Waals surface area contributed by atoms with Crippen LogP contribution in [-0.4, -0.2) is 21.5 Å². The van der Waals surface area contributed by atoms with Crippen LogP contribution in [0.3, 0.4) is 0 Å². The molecule has 2 atom stereocenters. The van der Waals surface area contributed by atoms with Gasteiger partial charge in [-0.05, 0) is 18.3 Å². The third-order valence-corrected chi connectivity index (χ3v) is 2.38. The molecule has 12 heavy (non-hydrogen) atoms. The van der Waals surface area contributed by atoms with Crippen LogP contribution in [0.25, 0.3) is 0 Å². The average Bonchev–Trinajstić information content (AvgIpc) is 2.67. The monoisotopic (exact) mass is 167 g/mol. The van der Waals surface area contributed by atoms with Crippen LogP contribution in [0.15, 0.2) is 12.4 Å². The van der Waals surface area contributed by atoms with Crippen LogP contribution in [-0.2, 0) is 6.54 Å².